The number of hydrogen-bond acceptors (Lipinski definition) is 5. The molecule has 0 heterocycles. The predicted molar refractivity (Wildman–Crippen MR) is 68.4 cm³/mol. The van der Waals surface area contributed by atoms with Crippen molar-refractivity contribution >= 4 is 5.97 Å². The molecular formula is C13H19O6-. The van der Waals surface area contributed by atoms with Crippen LogP contribution in [0.3, 0.4) is 0 Å². The highest BCUT2D eigenvalue weighted by molar-refractivity contribution is 5.87. The lowest BCUT2D eigenvalue weighted by molar-refractivity contribution is -0.300. The van der Waals surface area contributed by atoms with E-state index in [4.69, 9.17) is 20.4 Å². The molecule has 1 aromatic rings. The van der Waals surface area contributed by atoms with Gasteiger partial charge in [0.2, 0.25) is 0 Å². The molecule has 0 saturated carbocycles. The molecule has 0 aliphatic rings. The molecule has 108 valence electrons. The van der Waals surface area contributed by atoms with Gasteiger partial charge in [0.25, 0.3) is 0 Å². The highest BCUT2D eigenvalue weighted by atomic mass is 16.4. The van der Waals surface area contributed by atoms with Crippen molar-refractivity contribution in [3.8, 4) is 0 Å². The second-order valence-electron chi connectivity index (χ2n) is 3.39. The molecule has 6 nitrogen and oxygen atoms in total. The van der Waals surface area contributed by atoms with E-state index in [1.807, 2.05) is 0 Å². The molecule has 6 heteroatoms. The maximum Gasteiger partial charge on any atom is 0.335 e. The summed E-state index contributed by atoms with van der Waals surface area (Å²) in [6, 6.07) is 8.30. The first-order chi connectivity index (χ1) is 8.84. The van der Waals surface area contributed by atoms with Crippen LogP contribution in [0, 0.1) is 0 Å². The molecule has 1 aromatic carbocycles. The molecule has 19 heavy (non-hydrogen) atoms. The van der Waals surface area contributed by atoms with E-state index in [1.165, 1.54) is 6.92 Å². The molecule has 0 saturated heterocycles. The van der Waals surface area contributed by atoms with E-state index in [9.17, 15) is 9.90 Å². The number of benzene rings is 1. The van der Waals surface area contributed by atoms with Crippen molar-refractivity contribution < 1.29 is 30.3 Å². The number of allylic oxidation sites excluding steroid dienone is 1. The Bertz CT molecular complexity index is 341. The quantitative estimate of drug-likeness (QED) is 0.555. The SMILES string of the molecule is C=C(C)[O-].O=C(O)c1ccccc1.OCC(O)CO. The molecule has 0 aliphatic heterocycles. The van der Waals surface area contributed by atoms with E-state index in [-0.39, 0.29) is 19.0 Å². The van der Waals surface area contributed by atoms with Crippen LogP contribution in [0.5, 0.6) is 0 Å². The van der Waals surface area contributed by atoms with Crippen LogP contribution < -0.4 is 5.11 Å². The minimum absolute atomic E-state index is 0.0833. The number of aliphatic hydroxyl groups is 3. The first-order valence-electron chi connectivity index (χ1n) is 5.35. The maximum absolute atomic E-state index is 10.2. The smallest absolute Gasteiger partial charge is 0.335 e. The lowest BCUT2D eigenvalue weighted by Gasteiger charge is -1.96. The van der Waals surface area contributed by atoms with Gasteiger partial charge >= 0.3 is 5.97 Å². The lowest BCUT2D eigenvalue weighted by atomic mass is 10.2. The van der Waals surface area contributed by atoms with Crippen molar-refractivity contribution in [2.75, 3.05) is 13.2 Å². The Morgan fingerprint density at radius 2 is 1.63 bits per heavy atom. The van der Waals surface area contributed by atoms with Crippen LogP contribution in [0.1, 0.15) is 17.3 Å². The van der Waals surface area contributed by atoms with Gasteiger partial charge in [-0.15, -0.1) is 12.3 Å². The summed E-state index contributed by atoms with van der Waals surface area (Å²) in [5, 5.41) is 41.7. The van der Waals surface area contributed by atoms with Crippen molar-refractivity contribution in [2.24, 2.45) is 0 Å². The van der Waals surface area contributed by atoms with E-state index in [0.717, 1.165) is 0 Å². The normalized spacial score (nSPS) is 8.68. The molecule has 1 rings (SSSR count). The topological polar surface area (TPSA) is 121 Å². The fourth-order valence-corrected chi connectivity index (χ4v) is 0.638. The number of aromatic carboxylic acids is 1. The Hall–Kier alpha value is -1.89. The number of aliphatic hydroxyl groups excluding tert-OH is 3. The minimum Gasteiger partial charge on any atom is -0.876 e. The summed E-state index contributed by atoms with van der Waals surface area (Å²) < 4.78 is 0. The van der Waals surface area contributed by atoms with Crippen LogP contribution in [0.2, 0.25) is 0 Å². The molecule has 0 amide bonds. The van der Waals surface area contributed by atoms with Crippen LogP contribution >= 0.6 is 0 Å². The zero-order valence-electron chi connectivity index (χ0n) is 10.7. The van der Waals surface area contributed by atoms with E-state index >= 15 is 0 Å². The minimum atomic E-state index is -0.954. The third kappa shape index (κ3) is 16.1. The molecule has 0 aromatic heterocycles. The molecule has 0 fully saturated rings. The highest BCUT2D eigenvalue weighted by Gasteiger charge is 1.96. The molecular weight excluding hydrogens is 252 g/mol. The largest absolute Gasteiger partial charge is 0.876 e. The number of carboxylic acids is 1. The molecule has 0 spiro atoms. The standard InChI is InChI=1S/C7H6O2.C3H8O3.C3H6O/c8-7(9)6-4-2-1-3-5-6;4-1-3(6)2-5;1-3(2)4/h1-5H,(H,8,9);3-6H,1-2H2;4H,1H2,2H3/p-1. The van der Waals surface area contributed by atoms with Crippen molar-refractivity contribution in [1.29, 1.82) is 0 Å². The molecule has 0 unspecified atom stereocenters. The van der Waals surface area contributed by atoms with E-state index in [2.05, 4.69) is 6.58 Å². The van der Waals surface area contributed by atoms with E-state index < -0.39 is 12.1 Å². The summed E-state index contributed by atoms with van der Waals surface area (Å²) in [4.78, 5) is 10.2. The first kappa shape index (κ1) is 19.4. The Labute approximate surface area is 111 Å². The summed E-state index contributed by atoms with van der Waals surface area (Å²) in [6.45, 7) is 3.69. The summed E-state index contributed by atoms with van der Waals surface area (Å²) in [5.41, 5.74) is 0.331. The summed E-state index contributed by atoms with van der Waals surface area (Å²) in [6.07, 6.45) is -0.954. The Balaban J connectivity index is 0. The number of carboxylic acid groups (broad SMARTS) is 1. The van der Waals surface area contributed by atoms with Gasteiger partial charge in [0.1, 0.15) is 6.10 Å². The third-order valence-corrected chi connectivity index (χ3v) is 1.44. The molecule has 4 N–H and O–H groups in total. The van der Waals surface area contributed by atoms with Crippen molar-refractivity contribution in [3.05, 3.63) is 48.2 Å². The van der Waals surface area contributed by atoms with Crippen molar-refractivity contribution in [1.82, 2.24) is 0 Å². The van der Waals surface area contributed by atoms with Gasteiger partial charge in [-0.25, -0.2) is 4.79 Å². The fraction of sp³-hybridized carbons (Fsp3) is 0.308. The molecule has 0 aliphatic carbocycles. The van der Waals surface area contributed by atoms with Gasteiger partial charge in [-0.2, -0.15) is 0 Å². The summed E-state index contributed by atoms with van der Waals surface area (Å²) >= 11 is 0. The second-order valence-corrected chi connectivity index (χ2v) is 3.39. The van der Waals surface area contributed by atoms with Gasteiger partial charge in [-0.3, -0.25) is 0 Å². The lowest BCUT2D eigenvalue weighted by Crippen LogP contribution is -2.15. The molecule has 0 atom stereocenters. The predicted octanol–water partition coefficient (Wildman–Crippen LogP) is -0.403. The van der Waals surface area contributed by atoms with Crippen LogP contribution in [-0.4, -0.2) is 45.7 Å². The number of hydrogen-bond donors (Lipinski definition) is 4. The Morgan fingerprint density at radius 1 is 1.26 bits per heavy atom. The average molecular weight is 271 g/mol. The highest BCUT2D eigenvalue weighted by Crippen LogP contribution is 1.96. The van der Waals surface area contributed by atoms with Crippen molar-refractivity contribution in [2.45, 2.75) is 13.0 Å². The number of carbonyl (C=O) groups is 1. The van der Waals surface area contributed by atoms with Gasteiger partial charge < -0.3 is 25.5 Å². The van der Waals surface area contributed by atoms with Gasteiger partial charge in [0, 0.05) is 0 Å². The van der Waals surface area contributed by atoms with Gasteiger partial charge in [0.05, 0.1) is 18.8 Å². The van der Waals surface area contributed by atoms with Crippen LogP contribution in [0.15, 0.2) is 42.7 Å². The summed E-state index contributed by atoms with van der Waals surface area (Å²) in [5.74, 6) is -0.962. The summed E-state index contributed by atoms with van der Waals surface area (Å²) in [7, 11) is 0. The van der Waals surface area contributed by atoms with Gasteiger partial charge in [-0.1, -0.05) is 25.1 Å². The zero-order valence-corrected chi connectivity index (χ0v) is 10.7. The Kier molecular flexibility index (Phi) is 12.9. The van der Waals surface area contributed by atoms with Crippen molar-refractivity contribution in [3.63, 3.8) is 0 Å². The first-order valence-corrected chi connectivity index (χ1v) is 5.35. The fourth-order valence-electron chi connectivity index (χ4n) is 0.638. The zero-order chi connectivity index (χ0) is 15.3. The van der Waals surface area contributed by atoms with E-state index in [1.54, 1.807) is 30.3 Å². The van der Waals surface area contributed by atoms with Gasteiger partial charge in [-0.05, 0) is 12.1 Å². The Morgan fingerprint density at radius 3 is 1.79 bits per heavy atom. The number of rotatable bonds is 3. The molecule has 0 bridgehead atoms. The third-order valence-electron chi connectivity index (χ3n) is 1.44. The van der Waals surface area contributed by atoms with E-state index in [0.29, 0.717) is 5.56 Å². The monoisotopic (exact) mass is 271 g/mol. The average Bonchev–Trinajstić information content (AvgIpc) is 2.39. The second kappa shape index (κ2) is 12.6. The van der Waals surface area contributed by atoms with Crippen LogP contribution in [0.25, 0.3) is 0 Å². The van der Waals surface area contributed by atoms with Crippen LogP contribution in [0.4, 0.5) is 0 Å². The maximum atomic E-state index is 10.2. The molecule has 0 radical (unpaired) electrons. The van der Waals surface area contributed by atoms with Crippen LogP contribution in [-0.2, 0) is 0 Å². The van der Waals surface area contributed by atoms with Gasteiger partial charge in [0.15, 0.2) is 0 Å².